The Morgan fingerprint density at radius 1 is 0.932 bits per heavy atom. The number of ether oxygens (including phenoxy) is 4. The van der Waals surface area contributed by atoms with E-state index < -0.39 is 23.5 Å². The van der Waals surface area contributed by atoms with Crippen molar-refractivity contribution in [2.24, 2.45) is 5.73 Å². The summed E-state index contributed by atoms with van der Waals surface area (Å²) in [5.41, 5.74) is 15.2. The first-order valence-electron chi connectivity index (χ1n) is 18.7. The second-order valence-corrected chi connectivity index (χ2v) is 14.1. The van der Waals surface area contributed by atoms with Gasteiger partial charge in [-0.15, -0.1) is 0 Å². The lowest BCUT2D eigenvalue weighted by atomic mass is 10.1. The standard InChI is InChI=1S/C42H49N9O8/c1-7-51-33(19-26(2)49-51)39(54)48-40-47-32-20-27(25-52)21-35(56-6)37(32)50(40)16-9-8-15-45-36-31(43)22-28(38(44)53)23-34(36)58-18-11-10-17-57-30-14-12-13-29(24-30)46-41(55)59-42(3,4)5/h8-14,19-25,45H,7,15-18,43H2,1-6H3,(H2,44,53)(H,46,55)(H,47,48,54)/b9-8+,11-10+. The van der Waals surface area contributed by atoms with Gasteiger partial charge < -0.3 is 40.3 Å². The zero-order valence-corrected chi connectivity index (χ0v) is 33.8. The van der Waals surface area contributed by atoms with E-state index in [1.807, 2.05) is 26.0 Å². The third-order valence-electron chi connectivity index (χ3n) is 8.44. The Kier molecular flexibility index (Phi) is 14.0. The zero-order chi connectivity index (χ0) is 42.7. The van der Waals surface area contributed by atoms with Crippen LogP contribution in [0.25, 0.3) is 11.0 Å². The molecule has 0 saturated carbocycles. The molecule has 0 atom stereocenters. The van der Waals surface area contributed by atoms with E-state index in [4.69, 9.17) is 30.4 Å². The van der Waals surface area contributed by atoms with Crippen LogP contribution in [0.1, 0.15) is 64.6 Å². The number of amides is 3. The maximum Gasteiger partial charge on any atom is 0.412 e. The average Bonchev–Trinajstić information content (AvgIpc) is 3.74. The molecular formula is C42H49N9O8. The maximum atomic E-state index is 13.4. The molecule has 5 rings (SSSR count). The lowest BCUT2D eigenvalue weighted by Gasteiger charge is -2.19. The van der Waals surface area contributed by atoms with Gasteiger partial charge >= 0.3 is 6.09 Å². The van der Waals surface area contributed by atoms with Crippen molar-refractivity contribution in [1.82, 2.24) is 19.3 Å². The Hall–Kier alpha value is -7.30. The molecule has 17 nitrogen and oxygen atoms in total. The van der Waals surface area contributed by atoms with Gasteiger partial charge in [0.15, 0.2) is 0 Å². The fourth-order valence-electron chi connectivity index (χ4n) is 5.89. The molecule has 0 aliphatic heterocycles. The first-order valence-corrected chi connectivity index (χ1v) is 18.7. The van der Waals surface area contributed by atoms with Gasteiger partial charge in [0.1, 0.15) is 59.2 Å². The summed E-state index contributed by atoms with van der Waals surface area (Å²) in [4.78, 5) is 53.9. The lowest BCUT2D eigenvalue weighted by Crippen LogP contribution is -2.27. The maximum absolute atomic E-state index is 13.4. The number of allylic oxidation sites excluding steroid dienone is 1. The topological polar surface area (TPSA) is 229 Å². The highest BCUT2D eigenvalue weighted by molar-refractivity contribution is 6.03. The first-order chi connectivity index (χ1) is 28.2. The number of rotatable bonds is 18. The molecule has 5 aromatic rings. The summed E-state index contributed by atoms with van der Waals surface area (Å²) in [6.45, 7) is 10.4. The van der Waals surface area contributed by atoms with Gasteiger partial charge in [0, 0.05) is 42.5 Å². The van der Waals surface area contributed by atoms with Crippen LogP contribution in [-0.2, 0) is 17.8 Å². The van der Waals surface area contributed by atoms with Gasteiger partial charge in [-0.1, -0.05) is 18.2 Å². The van der Waals surface area contributed by atoms with Crippen LogP contribution >= 0.6 is 0 Å². The number of nitrogen functional groups attached to an aromatic ring is 1. The summed E-state index contributed by atoms with van der Waals surface area (Å²) in [6.07, 6.45) is 7.35. The molecule has 2 aromatic heterocycles. The number of aryl methyl sites for hydroxylation is 2. The Balaban J connectivity index is 1.25. The van der Waals surface area contributed by atoms with Crippen molar-refractivity contribution in [3.63, 3.8) is 0 Å². The van der Waals surface area contributed by atoms with Gasteiger partial charge in [-0.2, -0.15) is 5.10 Å². The monoisotopic (exact) mass is 807 g/mol. The van der Waals surface area contributed by atoms with Crippen LogP contribution in [0.4, 0.5) is 27.8 Å². The van der Waals surface area contributed by atoms with Crippen molar-refractivity contribution in [1.29, 1.82) is 0 Å². The van der Waals surface area contributed by atoms with Crippen molar-refractivity contribution in [3.05, 3.63) is 101 Å². The van der Waals surface area contributed by atoms with Crippen LogP contribution < -0.4 is 41.6 Å². The SMILES string of the molecule is CCn1nc(C)cc1C(=O)Nc1nc2cc(C=O)cc(OC)c2n1C/C=C/CNc1c(N)cc(C(N)=O)cc1OC/C=C/COc1cccc(NC(=O)OC(C)(C)C)c1. The van der Waals surface area contributed by atoms with Gasteiger partial charge in [-0.05, 0) is 89.2 Å². The molecule has 3 aromatic carbocycles. The third kappa shape index (κ3) is 11.4. The molecule has 0 aliphatic rings. The van der Waals surface area contributed by atoms with Gasteiger partial charge in [0.2, 0.25) is 11.9 Å². The number of methoxy groups -OCH3 is 1. The number of imidazole rings is 1. The molecule has 3 amide bonds. The lowest BCUT2D eigenvalue weighted by molar-refractivity contribution is 0.0635. The number of nitrogens with zero attached hydrogens (tertiary/aromatic N) is 4. The summed E-state index contributed by atoms with van der Waals surface area (Å²) in [7, 11) is 1.49. The summed E-state index contributed by atoms with van der Waals surface area (Å²) in [6, 6.07) is 14.8. The smallest absolute Gasteiger partial charge is 0.412 e. The zero-order valence-electron chi connectivity index (χ0n) is 33.8. The van der Waals surface area contributed by atoms with Gasteiger partial charge in [0.25, 0.3) is 5.91 Å². The second-order valence-electron chi connectivity index (χ2n) is 14.1. The molecule has 0 spiro atoms. The summed E-state index contributed by atoms with van der Waals surface area (Å²) >= 11 is 0. The molecular weight excluding hydrogens is 759 g/mol. The van der Waals surface area contributed by atoms with E-state index in [0.29, 0.717) is 69.4 Å². The van der Waals surface area contributed by atoms with Gasteiger partial charge in [0.05, 0.1) is 24.0 Å². The highest BCUT2D eigenvalue weighted by Crippen LogP contribution is 2.33. The van der Waals surface area contributed by atoms with Crippen LogP contribution in [0.5, 0.6) is 17.2 Å². The number of hydrogen-bond acceptors (Lipinski definition) is 12. The van der Waals surface area contributed by atoms with E-state index >= 15 is 0 Å². The van der Waals surface area contributed by atoms with Gasteiger partial charge in [-0.25, -0.2) is 9.78 Å². The minimum absolute atomic E-state index is 0.115. The summed E-state index contributed by atoms with van der Waals surface area (Å²) in [5, 5.41) is 13.2. The number of nitrogens with two attached hydrogens (primary N) is 2. The normalized spacial score (nSPS) is 11.5. The van der Waals surface area contributed by atoms with Crippen molar-refractivity contribution in [3.8, 4) is 17.2 Å². The quantitative estimate of drug-likeness (QED) is 0.0371. The molecule has 0 radical (unpaired) electrons. The van der Waals surface area contributed by atoms with Gasteiger partial charge in [-0.3, -0.25) is 29.7 Å². The number of anilines is 4. The van der Waals surface area contributed by atoms with E-state index in [9.17, 15) is 19.2 Å². The number of aldehydes is 1. The van der Waals surface area contributed by atoms with Crippen LogP contribution in [-0.4, -0.2) is 76.0 Å². The van der Waals surface area contributed by atoms with Crippen LogP contribution in [0.2, 0.25) is 0 Å². The minimum Gasteiger partial charge on any atom is -0.494 e. The van der Waals surface area contributed by atoms with Crippen molar-refractivity contribution in [2.45, 2.75) is 53.3 Å². The molecule has 0 fully saturated rings. The molecule has 0 aliphatic carbocycles. The number of primary amides is 1. The predicted octanol–water partition coefficient (Wildman–Crippen LogP) is 6.34. The second kappa shape index (κ2) is 19.2. The van der Waals surface area contributed by atoms with Crippen molar-refractivity contribution in [2.75, 3.05) is 48.6 Å². The fourth-order valence-corrected chi connectivity index (χ4v) is 5.89. The highest BCUT2D eigenvalue weighted by Gasteiger charge is 2.21. The van der Waals surface area contributed by atoms with E-state index in [0.717, 1.165) is 0 Å². The highest BCUT2D eigenvalue weighted by atomic mass is 16.6. The number of nitrogens with one attached hydrogen (secondary N) is 3. The van der Waals surface area contributed by atoms with Crippen molar-refractivity contribution < 1.29 is 38.1 Å². The Bertz CT molecular complexity index is 2390. The summed E-state index contributed by atoms with van der Waals surface area (Å²) < 4.78 is 26.1. The molecule has 0 unspecified atom stereocenters. The number of carbonyl (C=O) groups excluding carboxylic acids is 4. The fraction of sp³-hybridized carbons (Fsp3) is 0.286. The molecule has 310 valence electrons. The molecule has 2 heterocycles. The van der Waals surface area contributed by atoms with E-state index in [2.05, 4.69) is 26.0 Å². The number of carbonyl (C=O) groups is 4. The molecule has 59 heavy (non-hydrogen) atoms. The molecule has 17 heteroatoms. The summed E-state index contributed by atoms with van der Waals surface area (Å²) in [5.74, 6) is 0.435. The number of fused-ring (bicyclic) bond motifs is 1. The number of benzene rings is 3. The number of aromatic nitrogens is 4. The van der Waals surface area contributed by atoms with E-state index in [1.165, 1.54) is 19.2 Å². The van der Waals surface area contributed by atoms with Crippen molar-refractivity contribution >= 4 is 58.2 Å². The molecule has 7 N–H and O–H groups in total. The predicted molar refractivity (Wildman–Crippen MR) is 226 cm³/mol. The van der Waals surface area contributed by atoms with E-state index in [-0.39, 0.29) is 43.5 Å². The third-order valence-corrected chi connectivity index (χ3v) is 8.44. The Morgan fingerprint density at radius 2 is 1.69 bits per heavy atom. The first kappa shape index (κ1) is 42.8. The minimum atomic E-state index is -0.666. The Morgan fingerprint density at radius 3 is 2.39 bits per heavy atom. The van der Waals surface area contributed by atoms with Crippen LogP contribution in [0.15, 0.2) is 78.9 Å². The largest absolute Gasteiger partial charge is 0.494 e. The van der Waals surface area contributed by atoms with Crippen LogP contribution in [0, 0.1) is 6.92 Å². The van der Waals surface area contributed by atoms with Crippen LogP contribution in [0.3, 0.4) is 0 Å². The Labute approximate surface area is 341 Å². The number of hydrogen-bond donors (Lipinski definition) is 5. The average molecular weight is 808 g/mol. The van der Waals surface area contributed by atoms with E-state index in [1.54, 1.807) is 84.6 Å². The molecule has 0 bridgehead atoms. The molecule has 0 saturated heterocycles.